The number of hydrogen-bond acceptors (Lipinski definition) is 3. The number of hydrogen-bond donors (Lipinski definition) is 3. The molecule has 0 saturated heterocycles. The Morgan fingerprint density at radius 1 is 1.62 bits per heavy atom. The van der Waals surface area contributed by atoms with E-state index in [0.29, 0.717) is 6.42 Å². The number of rotatable bonds is 3. The highest BCUT2D eigenvalue weighted by molar-refractivity contribution is 5.79. The molecule has 4 nitrogen and oxygen atoms in total. The van der Waals surface area contributed by atoms with Gasteiger partial charge in [-0.1, -0.05) is 24.3 Å². The third-order valence-corrected chi connectivity index (χ3v) is 2.06. The average Bonchev–Trinajstić information content (AvgIpc) is 2.04. The predicted molar refractivity (Wildman–Crippen MR) is 49.6 cm³/mol. The molecule has 0 aliphatic heterocycles. The SMILES string of the molecule is NC(=O)[C@H](N)CC1(O)C=CC=CC1. The van der Waals surface area contributed by atoms with Crippen LogP contribution in [0.1, 0.15) is 12.8 Å². The van der Waals surface area contributed by atoms with Crippen LogP contribution in [-0.2, 0) is 4.79 Å². The zero-order valence-electron chi connectivity index (χ0n) is 7.31. The summed E-state index contributed by atoms with van der Waals surface area (Å²) in [6.45, 7) is 0. The Morgan fingerprint density at radius 3 is 2.77 bits per heavy atom. The van der Waals surface area contributed by atoms with Crippen LogP contribution in [0.2, 0.25) is 0 Å². The lowest BCUT2D eigenvalue weighted by atomic mass is 9.88. The molecule has 0 saturated carbocycles. The van der Waals surface area contributed by atoms with Crippen molar-refractivity contribution < 1.29 is 9.90 Å². The summed E-state index contributed by atoms with van der Waals surface area (Å²) < 4.78 is 0. The molecule has 2 atom stereocenters. The van der Waals surface area contributed by atoms with E-state index in [-0.39, 0.29) is 6.42 Å². The van der Waals surface area contributed by atoms with Crippen molar-refractivity contribution >= 4 is 5.91 Å². The van der Waals surface area contributed by atoms with Gasteiger partial charge in [0.15, 0.2) is 0 Å². The summed E-state index contributed by atoms with van der Waals surface area (Å²) in [5.41, 5.74) is 9.42. The Morgan fingerprint density at radius 2 is 2.31 bits per heavy atom. The van der Waals surface area contributed by atoms with Gasteiger partial charge in [0.05, 0.1) is 11.6 Å². The van der Waals surface area contributed by atoms with Crippen LogP contribution in [0, 0.1) is 0 Å². The fraction of sp³-hybridized carbons (Fsp3) is 0.444. The highest BCUT2D eigenvalue weighted by Crippen LogP contribution is 2.22. The summed E-state index contributed by atoms with van der Waals surface area (Å²) in [7, 11) is 0. The number of nitrogens with two attached hydrogens (primary N) is 2. The monoisotopic (exact) mass is 182 g/mol. The maximum atomic E-state index is 10.7. The summed E-state index contributed by atoms with van der Waals surface area (Å²) in [5.74, 6) is -0.587. The quantitative estimate of drug-likeness (QED) is 0.546. The Hall–Kier alpha value is -1.13. The van der Waals surface area contributed by atoms with Crippen LogP contribution in [0.4, 0.5) is 0 Å². The lowest BCUT2D eigenvalue weighted by Crippen LogP contribution is -2.43. The van der Waals surface area contributed by atoms with Crippen LogP contribution in [0.3, 0.4) is 0 Å². The van der Waals surface area contributed by atoms with Crippen LogP contribution in [0.25, 0.3) is 0 Å². The van der Waals surface area contributed by atoms with E-state index >= 15 is 0 Å². The highest BCUT2D eigenvalue weighted by Gasteiger charge is 2.28. The van der Waals surface area contributed by atoms with E-state index < -0.39 is 17.6 Å². The molecular formula is C9H14N2O2. The highest BCUT2D eigenvalue weighted by atomic mass is 16.3. The molecule has 0 aromatic rings. The predicted octanol–water partition coefficient (Wildman–Crippen LogP) is -0.564. The van der Waals surface area contributed by atoms with Gasteiger partial charge in [-0.15, -0.1) is 0 Å². The van der Waals surface area contributed by atoms with Crippen molar-refractivity contribution in [2.45, 2.75) is 24.5 Å². The molecular weight excluding hydrogens is 168 g/mol. The van der Waals surface area contributed by atoms with Gasteiger partial charge < -0.3 is 16.6 Å². The van der Waals surface area contributed by atoms with Crippen molar-refractivity contribution in [3.63, 3.8) is 0 Å². The minimum atomic E-state index is -1.01. The van der Waals surface area contributed by atoms with Crippen molar-refractivity contribution in [2.24, 2.45) is 11.5 Å². The van der Waals surface area contributed by atoms with E-state index in [1.807, 2.05) is 12.2 Å². The number of primary amides is 1. The van der Waals surface area contributed by atoms with Crippen molar-refractivity contribution in [2.75, 3.05) is 0 Å². The molecule has 1 rings (SSSR count). The Labute approximate surface area is 76.9 Å². The molecule has 1 aliphatic rings. The van der Waals surface area contributed by atoms with Crippen LogP contribution < -0.4 is 11.5 Å². The molecule has 72 valence electrons. The number of allylic oxidation sites excluding steroid dienone is 2. The standard InChI is InChI=1S/C9H14N2O2/c10-7(8(11)12)6-9(13)4-2-1-3-5-9/h1-4,7,13H,5-6,10H2,(H2,11,12)/t7-,9?/m1/s1. The maximum Gasteiger partial charge on any atom is 0.234 e. The molecule has 0 aromatic carbocycles. The van der Waals surface area contributed by atoms with E-state index in [9.17, 15) is 9.90 Å². The first kappa shape index (κ1) is 9.95. The third kappa shape index (κ3) is 2.68. The third-order valence-electron chi connectivity index (χ3n) is 2.06. The molecule has 13 heavy (non-hydrogen) atoms. The number of carbonyl (C=O) groups is 1. The molecule has 1 aliphatic carbocycles. The minimum absolute atomic E-state index is 0.170. The van der Waals surface area contributed by atoms with E-state index in [1.54, 1.807) is 12.2 Å². The van der Waals surface area contributed by atoms with Crippen LogP contribution in [0.15, 0.2) is 24.3 Å². The fourth-order valence-corrected chi connectivity index (χ4v) is 1.29. The first-order valence-corrected chi connectivity index (χ1v) is 4.15. The van der Waals surface area contributed by atoms with Gasteiger partial charge >= 0.3 is 0 Å². The van der Waals surface area contributed by atoms with Crippen LogP contribution >= 0.6 is 0 Å². The van der Waals surface area contributed by atoms with E-state index in [0.717, 1.165) is 0 Å². The van der Waals surface area contributed by atoms with Gasteiger partial charge in [-0.25, -0.2) is 0 Å². The van der Waals surface area contributed by atoms with Crippen LogP contribution in [-0.4, -0.2) is 22.7 Å². The Kier molecular flexibility index (Phi) is 2.85. The first-order chi connectivity index (χ1) is 6.03. The lowest BCUT2D eigenvalue weighted by Gasteiger charge is -2.26. The van der Waals surface area contributed by atoms with Crippen molar-refractivity contribution in [1.29, 1.82) is 0 Å². The maximum absolute atomic E-state index is 10.7. The van der Waals surface area contributed by atoms with Gasteiger partial charge in [-0.05, 0) is 6.42 Å². The Balaban J connectivity index is 2.57. The molecule has 0 heterocycles. The largest absolute Gasteiger partial charge is 0.385 e. The van der Waals surface area contributed by atoms with Crippen molar-refractivity contribution in [1.82, 2.24) is 0 Å². The van der Waals surface area contributed by atoms with E-state index in [2.05, 4.69) is 0 Å². The molecule has 1 amide bonds. The molecule has 5 N–H and O–H groups in total. The second-order valence-electron chi connectivity index (χ2n) is 3.31. The fourth-order valence-electron chi connectivity index (χ4n) is 1.29. The topological polar surface area (TPSA) is 89.3 Å². The van der Waals surface area contributed by atoms with Crippen molar-refractivity contribution in [3.8, 4) is 0 Å². The molecule has 0 spiro atoms. The summed E-state index contributed by atoms with van der Waals surface area (Å²) in [5, 5.41) is 9.86. The second-order valence-corrected chi connectivity index (χ2v) is 3.31. The van der Waals surface area contributed by atoms with Crippen molar-refractivity contribution in [3.05, 3.63) is 24.3 Å². The first-order valence-electron chi connectivity index (χ1n) is 4.15. The van der Waals surface area contributed by atoms with Gasteiger partial charge in [-0.2, -0.15) is 0 Å². The number of carbonyl (C=O) groups excluding carboxylic acids is 1. The van der Waals surface area contributed by atoms with Gasteiger partial charge in [0.25, 0.3) is 0 Å². The summed E-state index contributed by atoms with van der Waals surface area (Å²) in [4.78, 5) is 10.7. The normalized spacial score (nSPS) is 28.8. The average molecular weight is 182 g/mol. The van der Waals surface area contributed by atoms with E-state index in [4.69, 9.17) is 11.5 Å². The molecule has 0 fully saturated rings. The minimum Gasteiger partial charge on any atom is -0.385 e. The van der Waals surface area contributed by atoms with Gasteiger partial charge in [0.2, 0.25) is 5.91 Å². The van der Waals surface area contributed by atoms with Crippen LogP contribution in [0.5, 0.6) is 0 Å². The zero-order valence-corrected chi connectivity index (χ0v) is 7.31. The van der Waals surface area contributed by atoms with Gasteiger partial charge in [0.1, 0.15) is 0 Å². The summed E-state index contributed by atoms with van der Waals surface area (Å²) in [6.07, 6.45) is 7.68. The molecule has 1 unspecified atom stereocenters. The lowest BCUT2D eigenvalue weighted by molar-refractivity contribution is -0.120. The number of aliphatic hydroxyl groups is 1. The van der Waals surface area contributed by atoms with E-state index in [1.165, 1.54) is 0 Å². The second kappa shape index (κ2) is 3.72. The smallest absolute Gasteiger partial charge is 0.234 e. The number of amides is 1. The van der Waals surface area contributed by atoms with Gasteiger partial charge in [0, 0.05) is 6.42 Å². The molecule has 4 heteroatoms. The molecule has 0 bridgehead atoms. The summed E-state index contributed by atoms with van der Waals surface area (Å²) >= 11 is 0. The summed E-state index contributed by atoms with van der Waals surface area (Å²) in [6, 6.07) is -0.791. The molecule has 0 aromatic heterocycles. The Bertz CT molecular complexity index is 260. The zero-order chi connectivity index (χ0) is 9.90. The molecule has 0 radical (unpaired) electrons. The van der Waals surface area contributed by atoms with Gasteiger partial charge in [-0.3, -0.25) is 4.79 Å².